The van der Waals surface area contributed by atoms with Crippen LogP contribution in [0.5, 0.6) is 5.75 Å². The summed E-state index contributed by atoms with van der Waals surface area (Å²) in [5, 5.41) is 3.10. The number of nitrogens with one attached hydrogen (secondary N) is 1. The number of hydrogen-bond acceptors (Lipinski definition) is 4. The number of hydrogen-bond donors (Lipinski definition) is 1. The first-order valence-electron chi connectivity index (χ1n) is 7.80. The van der Waals surface area contributed by atoms with Crippen LogP contribution in [0, 0.1) is 13.8 Å². The monoisotopic (exact) mass is 396 g/mol. The highest BCUT2D eigenvalue weighted by Crippen LogP contribution is 2.28. The molecule has 0 aromatic heterocycles. The van der Waals surface area contributed by atoms with Gasteiger partial charge >= 0.3 is 0 Å². The van der Waals surface area contributed by atoms with Crippen LogP contribution < -0.4 is 14.4 Å². The normalized spacial score (nSPS) is 11.1. The molecule has 2 aromatic carbocycles. The van der Waals surface area contributed by atoms with Crippen LogP contribution in [0.4, 0.5) is 11.4 Å². The van der Waals surface area contributed by atoms with Crippen LogP contribution in [0.25, 0.3) is 0 Å². The third kappa shape index (κ3) is 4.89. The minimum Gasteiger partial charge on any atom is -0.497 e. The molecule has 6 nitrogen and oxygen atoms in total. The van der Waals surface area contributed by atoms with Crippen molar-refractivity contribution < 1.29 is 17.9 Å². The topological polar surface area (TPSA) is 75.7 Å². The molecule has 0 bridgehead atoms. The molecular formula is C18H21ClN2O4S. The van der Waals surface area contributed by atoms with E-state index in [4.69, 9.17) is 16.3 Å². The largest absolute Gasteiger partial charge is 0.497 e. The number of carbonyl (C=O) groups is 1. The summed E-state index contributed by atoms with van der Waals surface area (Å²) in [6.07, 6.45) is 1.05. The molecule has 1 N–H and O–H groups in total. The van der Waals surface area contributed by atoms with E-state index in [2.05, 4.69) is 5.32 Å². The lowest BCUT2D eigenvalue weighted by Crippen LogP contribution is -2.37. The number of aryl methyl sites for hydroxylation is 2. The summed E-state index contributed by atoms with van der Waals surface area (Å²) in [5.41, 5.74) is 2.59. The molecule has 0 fully saturated rings. The molecule has 1 amide bonds. The zero-order valence-electron chi connectivity index (χ0n) is 15.0. The first kappa shape index (κ1) is 20.1. The molecule has 0 aliphatic rings. The number of sulfonamides is 1. The second-order valence-corrected chi connectivity index (χ2v) is 8.27. The van der Waals surface area contributed by atoms with E-state index in [0.29, 0.717) is 22.1 Å². The van der Waals surface area contributed by atoms with Crippen LogP contribution in [0.2, 0.25) is 5.02 Å². The number of ether oxygens (including phenoxy) is 1. The first-order valence-corrected chi connectivity index (χ1v) is 10.0. The van der Waals surface area contributed by atoms with Crippen molar-refractivity contribution in [1.29, 1.82) is 0 Å². The van der Waals surface area contributed by atoms with Crippen LogP contribution in [0.1, 0.15) is 11.1 Å². The predicted molar refractivity (Wildman–Crippen MR) is 105 cm³/mol. The van der Waals surface area contributed by atoms with Gasteiger partial charge in [0.15, 0.2) is 0 Å². The van der Waals surface area contributed by atoms with E-state index in [1.54, 1.807) is 30.3 Å². The lowest BCUT2D eigenvalue weighted by Gasteiger charge is -2.22. The maximum atomic E-state index is 12.5. The minimum atomic E-state index is -3.67. The number of rotatable bonds is 6. The fourth-order valence-electron chi connectivity index (χ4n) is 2.55. The zero-order valence-corrected chi connectivity index (χ0v) is 16.6. The van der Waals surface area contributed by atoms with E-state index in [0.717, 1.165) is 21.7 Å². The van der Waals surface area contributed by atoms with E-state index < -0.39 is 15.9 Å². The zero-order chi connectivity index (χ0) is 19.5. The summed E-state index contributed by atoms with van der Waals surface area (Å²) in [4.78, 5) is 12.5. The summed E-state index contributed by atoms with van der Waals surface area (Å²) in [6, 6.07) is 10.1. The van der Waals surface area contributed by atoms with Gasteiger partial charge in [-0.1, -0.05) is 23.7 Å². The number of nitrogens with zero attached hydrogens (tertiary/aromatic N) is 1. The van der Waals surface area contributed by atoms with Crippen molar-refractivity contribution >= 4 is 38.9 Å². The standard InChI is InChI=1S/C18H21ClN2O4S/c1-12-8-13(2)18(16(19)9-12)20-17(22)11-21(26(4,23)24)14-6-5-7-15(10-14)25-3/h5-10H,11H2,1-4H3,(H,20,22). The Morgan fingerprint density at radius 2 is 1.92 bits per heavy atom. The molecule has 0 radical (unpaired) electrons. The number of anilines is 2. The van der Waals surface area contributed by atoms with Gasteiger partial charge in [0.1, 0.15) is 12.3 Å². The van der Waals surface area contributed by atoms with Crippen molar-refractivity contribution in [2.75, 3.05) is 29.5 Å². The molecular weight excluding hydrogens is 376 g/mol. The van der Waals surface area contributed by atoms with Crippen molar-refractivity contribution in [2.45, 2.75) is 13.8 Å². The van der Waals surface area contributed by atoms with Gasteiger partial charge in [0, 0.05) is 6.07 Å². The quantitative estimate of drug-likeness (QED) is 0.812. The van der Waals surface area contributed by atoms with Gasteiger partial charge in [0.05, 0.1) is 29.8 Å². The molecule has 0 saturated carbocycles. The van der Waals surface area contributed by atoms with Crippen molar-refractivity contribution in [3.05, 3.63) is 52.5 Å². The Morgan fingerprint density at radius 3 is 2.50 bits per heavy atom. The minimum absolute atomic E-state index is 0.341. The Kier molecular flexibility index (Phi) is 6.15. The molecule has 2 aromatic rings. The smallest absolute Gasteiger partial charge is 0.245 e. The third-order valence-corrected chi connectivity index (χ3v) is 5.16. The summed E-state index contributed by atoms with van der Waals surface area (Å²) >= 11 is 6.20. The van der Waals surface area contributed by atoms with E-state index in [-0.39, 0.29) is 6.54 Å². The lowest BCUT2D eigenvalue weighted by atomic mass is 10.1. The fraction of sp³-hybridized carbons (Fsp3) is 0.278. The highest BCUT2D eigenvalue weighted by atomic mass is 35.5. The van der Waals surface area contributed by atoms with E-state index >= 15 is 0 Å². The molecule has 0 aliphatic carbocycles. The highest BCUT2D eigenvalue weighted by Gasteiger charge is 2.22. The number of carbonyl (C=O) groups excluding carboxylic acids is 1. The molecule has 0 saturated heterocycles. The number of methoxy groups -OCH3 is 1. The average molecular weight is 397 g/mol. The lowest BCUT2D eigenvalue weighted by molar-refractivity contribution is -0.114. The van der Waals surface area contributed by atoms with Gasteiger partial charge in [0.2, 0.25) is 15.9 Å². The molecule has 2 rings (SSSR count). The average Bonchev–Trinajstić information content (AvgIpc) is 2.55. The summed E-state index contributed by atoms with van der Waals surface area (Å²) in [7, 11) is -2.19. The van der Waals surface area contributed by atoms with Crippen molar-refractivity contribution in [3.63, 3.8) is 0 Å². The molecule has 0 spiro atoms. The van der Waals surface area contributed by atoms with E-state index in [9.17, 15) is 13.2 Å². The molecule has 8 heteroatoms. The fourth-order valence-corrected chi connectivity index (χ4v) is 3.77. The Morgan fingerprint density at radius 1 is 1.23 bits per heavy atom. The van der Waals surface area contributed by atoms with Crippen molar-refractivity contribution in [2.24, 2.45) is 0 Å². The second kappa shape index (κ2) is 7.97. The Labute approximate surface area is 158 Å². The van der Waals surface area contributed by atoms with Crippen LogP contribution >= 0.6 is 11.6 Å². The first-order chi connectivity index (χ1) is 12.1. The summed E-state index contributed by atoms with van der Waals surface area (Å²) in [5.74, 6) is 0.001000. The van der Waals surface area contributed by atoms with Gasteiger partial charge < -0.3 is 10.1 Å². The predicted octanol–water partition coefficient (Wildman–Crippen LogP) is 3.37. The van der Waals surface area contributed by atoms with Crippen molar-refractivity contribution in [3.8, 4) is 5.75 Å². The van der Waals surface area contributed by atoms with E-state index in [1.807, 2.05) is 19.9 Å². The summed E-state index contributed by atoms with van der Waals surface area (Å²) < 4.78 is 30.5. The van der Waals surface area contributed by atoms with Gasteiger partial charge in [-0.25, -0.2) is 8.42 Å². The maximum absolute atomic E-state index is 12.5. The molecule has 26 heavy (non-hydrogen) atoms. The number of amides is 1. The molecule has 0 unspecified atom stereocenters. The van der Waals surface area contributed by atoms with Crippen LogP contribution in [0.3, 0.4) is 0 Å². The van der Waals surface area contributed by atoms with Crippen molar-refractivity contribution in [1.82, 2.24) is 0 Å². The Bertz CT molecular complexity index is 906. The maximum Gasteiger partial charge on any atom is 0.245 e. The highest BCUT2D eigenvalue weighted by molar-refractivity contribution is 7.92. The van der Waals surface area contributed by atoms with Gasteiger partial charge in [-0.15, -0.1) is 0 Å². The van der Waals surface area contributed by atoms with Crippen LogP contribution in [0.15, 0.2) is 36.4 Å². The molecule has 140 valence electrons. The van der Waals surface area contributed by atoms with Gasteiger partial charge in [-0.2, -0.15) is 0 Å². The number of halogens is 1. The SMILES string of the molecule is COc1cccc(N(CC(=O)Nc2c(C)cc(C)cc2Cl)S(C)(=O)=O)c1. The Hall–Kier alpha value is -2.25. The van der Waals surface area contributed by atoms with Crippen LogP contribution in [-0.2, 0) is 14.8 Å². The van der Waals surface area contributed by atoms with Gasteiger partial charge in [0.25, 0.3) is 0 Å². The summed E-state index contributed by atoms with van der Waals surface area (Å²) in [6.45, 7) is 3.35. The van der Waals surface area contributed by atoms with Gasteiger partial charge in [-0.05, 0) is 43.2 Å². The molecule has 0 aliphatic heterocycles. The number of benzene rings is 2. The van der Waals surface area contributed by atoms with E-state index in [1.165, 1.54) is 7.11 Å². The Balaban J connectivity index is 2.28. The third-order valence-electron chi connectivity index (χ3n) is 3.73. The second-order valence-electron chi connectivity index (χ2n) is 5.96. The van der Waals surface area contributed by atoms with Crippen LogP contribution in [-0.4, -0.2) is 34.2 Å². The van der Waals surface area contributed by atoms with Gasteiger partial charge in [-0.3, -0.25) is 9.10 Å². The molecule has 0 atom stereocenters. The molecule has 0 heterocycles.